The minimum atomic E-state index is -0.170. The number of nitrogens with one attached hydrogen (secondary N) is 1. The first-order valence-corrected chi connectivity index (χ1v) is 8.32. The Morgan fingerprint density at radius 3 is 2.70 bits per heavy atom. The topological polar surface area (TPSA) is 55.1 Å². The zero-order valence-electron chi connectivity index (χ0n) is 12.6. The van der Waals surface area contributed by atoms with Crippen LogP contribution in [0.1, 0.15) is 50.5 Å². The van der Waals surface area contributed by atoms with Gasteiger partial charge < -0.3 is 9.73 Å². The Morgan fingerprint density at radius 2 is 2.10 bits per heavy atom. The van der Waals surface area contributed by atoms with E-state index in [-0.39, 0.29) is 11.2 Å². The zero-order chi connectivity index (χ0) is 14.5. The number of amides is 1. The highest BCUT2D eigenvalue weighted by Crippen LogP contribution is 2.25. The summed E-state index contributed by atoms with van der Waals surface area (Å²) in [6, 6.07) is 0. The maximum Gasteiger partial charge on any atom is 0.256 e. The molecule has 1 aliphatic rings. The minimum absolute atomic E-state index is 0.0779. The molecule has 0 bridgehead atoms. The lowest BCUT2D eigenvalue weighted by Crippen LogP contribution is -2.35. The largest absolute Gasteiger partial charge is 0.437 e. The van der Waals surface area contributed by atoms with Gasteiger partial charge in [-0.2, -0.15) is 0 Å². The Kier molecular flexibility index (Phi) is 5.52. The predicted molar refractivity (Wildman–Crippen MR) is 80.9 cm³/mol. The fourth-order valence-corrected chi connectivity index (χ4v) is 3.33. The second-order valence-electron chi connectivity index (χ2n) is 5.63. The second-order valence-corrected chi connectivity index (χ2v) is 6.92. The molecule has 1 atom stereocenters. The summed E-state index contributed by atoms with van der Waals surface area (Å²) >= 11 is 1.38. The number of carbonyl (C=O) groups is 1. The maximum absolute atomic E-state index is 12.1. The molecule has 0 aromatic carbocycles. The molecule has 5 heteroatoms. The number of aromatic nitrogens is 1. The molecule has 1 amide bonds. The Labute approximate surface area is 125 Å². The summed E-state index contributed by atoms with van der Waals surface area (Å²) in [5, 5.41) is 3.48. The molecule has 1 N–H and O–H groups in total. The maximum atomic E-state index is 12.1. The standard InChI is InChI=1S/C15H24N2O2S/c1-10-11(2)19-15(17-10)20-12(3)14(18)16-9-13-7-5-4-6-8-13/h12-13H,4-9H2,1-3H3,(H,16,18)/t12-/m1/s1. The molecule has 0 spiro atoms. The lowest BCUT2D eigenvalue weighted by Gasteiger charge is -2.22. The zero-order valence-corrected chi connectivity index (χ0v) is 13.4. The van der Waals surface area contributed by atoms with Crippen molar-refractivity contribution in [3.63, 3.8) is 0 Å². The summed E-state index contributed by atoms with van der Waals surface area (Å²) in [5.41, 5.74) is 0.891. The number of hydrogen-bond acceptors (Lipinski definition) is 4. The van der Waals surface area contributed by atoms with E-state index >= 15 is 0 Å². The SMILES string of the molecule is Cc1nc(S[C@H](C)C(=O)NCC2CCCCC2)oc1C. The number of oxazole rings is 1. The molecule has 0 aliphatic heterocycles. The van der Waals surface area contributed by atoms with Gasteiger partial charge in [0.2, 0.25) is 5.91 Å². The van der Waals surface area contributed by atoms with E-state index < -0.39 is 0 Å². The molecule has 1 aromatic heterocycles. The van der Waals surface area contributed by atoms with Crippen molar-refractivity contribution in [1.29, 1.82) is 0 Å². The Hall–Kier alpha value is -0.970. The average molecular weight is 296 g/mol. The van der Waals surface area contributed by atoms with Crippen molar-refractivity contribution in [3.8, 4) is 0 Å². The lowest BCUT2D eigenvalue weighted by molar-refractivity contribution is -0.120. The fourth-order valence-electron chi connectivity index (χ4n) is 2.48. The molecule has 20 heavy (non-hydrogen) atoms. The van der Waals surface area contributed by atoms with E-state index in [0.29, 0.717) is 11.1 Å². The first kappa shape index (κ1) is 15.4. The van der Waals surface area contributed by atoms with Crippen LogP contribution in [0.2, 0.25) is 0 Å². The minimum Gasteiger partial charge on any atom is -0.437 e. The van der Waals surface area contributed by atoms with Crippen molar-refractivity contribution < 1.29 is 9.21 Å². The van der Waals surface area contributed by atoms with Crippen molar-refractivity contribution >= 4 is 17.7 Å². The first-order chi connectivity index (χ1) is 9.56. The van der Waals surface area contributed by atoms with Gasteiger partial charge in [0.25, 0.3) is 5.22 Å². The van der Waals surface area contributed by atoms with E-state index in [0.717, 1.165) is 18.0 Å². The van der Waals surface area contributed by atoms with E-state index in [9.17, 15) is 4.79 Å². The van der Waals surface area contributed by atoms with Gasteiger partial charge >= 0.3 is 0 Å². The van der Waals surface area contributed by atoms with E-state index in [1.165, 1.54) is 43.9 Å². The second kappa shape index (κ2) is 7.16. The van der Waals surface area contributed by atoms with E-state index in [1.54, 1.807) is 0 Å². The van der Waals surface area contributed by atoms with Gasteiger partial charge in [0.15, 0.2) is 0 Å². The quantitative estimate of drug-likeness (QED) is 0.845. The molecule has 1 saturated carbocycles. The number of thioether (sulfide) groups is 1. The molecule has 2 rings (SSSR count). The van der Waals surface area contributed by atoms with Crippen LogP contribution in [0.3, 0.4) is 0 Å². The van der Waals surface area contributed by atoms with Crippen LogP contribution in [0, 0.1) is 19.8 Å². The third-order valence-electron chi connectivity index (χ3n) is 3.95. The van der Waals surface area contributed by atoms with Crippen LogP contribution in [0.4, 0.5) is 0 Å². The number of nitrogens with zero attached hydrogens (tertiary/aromatic N) is 1. The molecular weight excluding hydrogens is 272 g/mol. The van der Waals surface area contributed by atoms with Crippen molar-refractivity contribution in [2.24, 2.45) is 5.92 Å². The van der Waals surface area contributed by atoms with Gasteiger partial charge in [-0.25, -0.2) is 4.98 Å². The smallest absolute Gasteiger partial charge is 0.256 e. The highest BCUT2D eigenvalue weighted by molar-refractivity contribution is 8.00. The van der Waals surface area contributed by atoms with E-state index in [2.05, 4.69) is 10.3 Å². The molecule has 1 fully saturated rings. The van der Waals surface area contributed by atoms with Gasteiger partial charge in [-0.1, -0.05) is 31.0 Å². The summed E-state index contributed by atoms with van der Waals surface area (Å²) < 4.78 is 5.50. The molecule has 1 heterocycles. The van der Waals surface area contributed by atoms with Gasteiger partial charge in [-0.15, -0.1) is 0 Å². The molecule has 1 aliphatic carbocycles. The highest BCUT2D eigenvalue weighted by Gasteiger charge is 2.20. The number of rotatable bonds is 5. The fraction of sp³-hybridized carbons (Fsp3) is 0.733. The third kappa shape index (κ3) is 4.27. The molecular formula is C15H24N2O2S. The third-order valence-corrected chi connectivity index (χ3v) is 4.89. The Morgan fingerprint density at radius 1 is 1.40 bits per heavy atom. The number of aryl methyl sites for hydroxylation is 2. The first-order valence-electron chi connectivity index (χ1n) is 7.44. The molecule has 0 radical (unpaired) electrons. The monoisotopic (exact) mass is 296 g/mol. The van der Waals surface area contributed by atoms with Crippen molar-refractivity contribution in [2.75, 3.05) is 6.54 Å². The summed E-state index contributed by atoms with van der Waals surface area (Å²) in [6.45, 7) is 6.51. The summed E-state index contributed by atoms with van der Waals surface area (Å²) in [5.74, 6) is 1.56. The van der Waals surface area contributed by atoms with Crippen molar-refractivity contribution in [1.82, 2.24) is 10.3 Å². The highest BCUT2D eigenvalue weighted by atomic mass is 32.2. The van der Waals surface area contributed by atoms with Crippen LogP contribution in [0.15, 0.2) is 9.64 Å². The van der Waals surface area contributed by atoms with Gasteiger partial charge in [0, 0.05) is 6.54 Å². The van der Waals surface area contributed by atoms with Gasteiger partial charge in [0.05, 0.1) is 10.9 Å². The van der Waals surface area contributed by atoms with Crippen LogP contribution >= 0.6 is 11.8 Å². The molecule has 1 aromatic rings. The summed E-state index contributed by atoms with van der Waals surface area (Å²) in [7, 11) is 0. The van der Waals surface area contributed by atoms with Gasteiger partial charge in [-0.3, -0.25) is 4.79 Å². The van der Waals surface area contributed by atoms with Crippen molar-refractivity contribution in [2.45, 2.75) is 63.3 Å². The van der Waals surface area contributed by atoms with Crippen LogP contribution in [0.5, 0.6) is 0 Å². The van der Waals surface area contributed by atoms with Crippen LogP contribution in [-0.2, 0) is 4.79 Å². The Balaban J connectivity index is 1.76. The Bertz CT molecular complexity index is 433. The van der Waals surface area contributed by atoms with Gasteiger partial charge in [-0.05, 0) is 39.5 Å². The summed E-state index contributed by atoms with van der Waals surface area (Å²) in [4.78, 5) is 16.4. The number of carbonyl (C=O) groups excluding carboxylic acids is 1. The normalized spacial score (nSPS) is 17.9. The predicted octanol–water partition coefficient (Wildman–Crippen LogP) is 3.47. The average Bonchev–Trinajstić information content (AvgIpc) is 2.75. The van der Waals surface area contributed by atoms with Gasteiger partial charge in [0.1, 0.15) is 5.76 Å². The number of hydrogen-bond donors (Lipinski definition) is 1. The molecule has 0 saturated heterocycles. The van der Waals surface area contributed by atoms with Crippen LogP contribution in [0.25, 0.3) is 0 Å². The molecule has 0 unspecified atom stereocenters. The molecule has 4 nitrogen and oxygen atoms in total. The van der Waals surface area contributed by atoms with E-state index in [1.807, 2.05) is 20.8 Å². The van der Waals surface area contributed by atoms with Crippen LogP contribution < -0.4 is 5.32 Å². The lowest BCUT2D eigenvalue weighted by atomic mass is 9.89. The van der Waals surface area contributed by atoms with E-state index in [4.69, 9.17) is 4.42 Å². The van der Waals surface area contributed by atoms with Crippen LogP contribution in [-0.4, -0.2) is 22.7 Å². The van der Waals surface area contributed by atoms with Crippen molar-refractivity contribution in [3.05, 3.63) is 11.5 Å². The summed E-state index contributed by atoms with van der Waals surface area (Å²) in [6.07, 6.45) is 6.46. The molecule has 112 valence electrons.